The predicted molar refractivity (Wildman–Crippen MR) is 117 cm³/mol. The van der Waals surface area contributed by atoms with E-state index in [1.165, 1.54) is 14.2 Å². The zero-order valence-corrected chi connectivity index (χ0v) is 18.1. The van der Waals surface area contributed by atoms with Gasteiger partial charge in [0.2, 0.25) is 0 Å². The smallest absolute Gasteiger partial charge is 0.256 e. The Kier molecular flexibility index (Phi) is 5.69. The molecule has 1 amide bonds. The molecule has 1 atom stereocenters. The van der Waals surface area contributed by atoms with E-state index in [4.69, 9.17) is 9.47 Å². The second kappa shape index (κ2) is 8.43. The number of aromatic nitrogens is 2. The lowest BCUT2D eigenvalue weighted by atomic mass is 10.1. The first kappa shape index (κ1) is 20.9. The van der Waals surface area contributed by atoms with E-state index >= 15 is 0 Å². The van der Waals surface area contributed by atoms with Crippen LogP contribution in [0.1, 0.15) is 22.8 Å². The molecule has 0 bridgehead atoms. The van der Waals surface area contributed by atoms with Gasteiger partial charge in [-0.05, 0) is 24.6 Å². The fourth-order valence-electron chi connectivity index (χ4n) is 3.65. The Balaban J connectivity index is 1.68. The molecule has 2 aromatic carbocycles. The van der Waals surface area contributed by atoms with Crippen molar-refractivity contribution < 1.29 is 22.7 Å². The van der Waals surface area contributed by atoms with Gasteiger partial charge < -0.3 is 14.8 Å². The molecule has 0 radical (unpaired) electrons. The summed E-state index contributed by atoms with van der Waals surface area (Å²) in [5.41, 5.74) is 1.92. The highest BCUT2D eigenvalue weighted by molar-refractivity contribution is 7.91. The number of methoxy groups -OCH3 is 2. The van der Waals surface area contributed by atoms with Gasteiger partial charge in [-0.1, -0.05) is 30.3 Å². The van der Waals surface area contributed by atoms with Crippen molar-refractivity contribution in [3.63, 3.8) is 0 Å². The second-order valence-corrected chi connectivity index (χ2v) is 9.53. The number of ether oxygens (including phenoxy) is 2. The van der Waals surface area contributed by atoms with Gasteiger partial charge in [-0.25, -0.2) is 13.1 Å². The number of hydrogen-bond donors (Lipinski definition) is 1. The minimum atomic E-state index is -3.12. The van der Waals surface area contributed by atoms with E-state index < -0.39 is 9.84 Å². The third-order valence-corrected chi connectivity index (χ3v) is 7.00. The molecule has 1 aromatic heterocycles. The monoisotopic (exact) mass is 441 g/mol. The molecule has 1 saturated heterocycles. The van der Waals surface area contributed by atoms with Gasteiger partial charge in [0.25, 0.3) is 5.91 Å². The first-order valence-corrected chi connectivity index (χ1v) is 11.6. The van der Waals surface area contributed by atoms with Crippen LogP contribution in [0.25, 0.3) is 11.3 Å². The van der Waals surface area contributed by atoms with Crippen LogP contribution in [0.2, 0.25) is 0 Å². The summed E-state index contributed by atoms with van der Waals surface area (Å²) in [5.74, 6) is 1.16. The average Bonchev–Trinajstić information content (AvgIpc) is 3.36. The summed E-state index contributed by atoms with van der Waals surface area (Å²) < 4.78 is 36.2. The Morgan fingerprint density at radius 2 is 1.81 bits per heavy atom. The number of nitrogens with one attached hydrogen (secondary N) is 1. The summed E-state index contributed by atoms with van der Waals surface area (Å²) in [6.45, 7) is 0. The summed E-state index contributed by atoms with van der Waals surface area (Å²) in [5, 5.41) is 7.51. The van der Waals surface area contributed by atoms with Gasteiger partial charge in [-0.15, -0.1) is 0 Å². The van der Waals surface area contributed by atoms with Crippen molar-refractivity contribution in [1.29, 1.82) is 0 Å². The average molecular weight is 442 g/mol. The van der Waals surface area contributed by atoms with Crippen LogP contribution in [0.15, 0.2) is 54.6 Å². The van der Waals surface area contributed by atoms with Crippen molar-refractivity contribution in [2.24, 2.45) is 0 Å². The molecule has 2 heterocycles. The maximum atomic E-state index is 13.0. The van der Waals surface area contributed by atoms with Gasteiger partial charge in [0.15, 0.2) is 21.3 Å². The van der Waals surface area contributed by atoms with Crippen LogP contribution in [0.3, 0.4) is 0 Å². The summed E-state index contributed by atoms with van der Waals surface area (Å²) in [6, 6.07) is 15.8. The third-order valence-electron chi connectivity index (χ3n) is 5.25. The highest BCUT2D eigenvalue weighted by Crippen LogP contribution is 2.31. The normalized spacial score (nSPS) is 17.3. The SMILES string of the molecule is COc1ccc(C(=O)Nc2cc(-c3ccccc3)nn2[C@@H]2CCS(=O)(=O)C2)cc1OC. The van der Waals surface area contributed by atoms with Crippen molar-refractivity contribution in [3.05, 3.63) is 60.2 Å². The van der Waals surface area contributed by atoms with Gasteiger partial charge in [-0.3, -0.25) is 4.79 Å². The van der Waals surface area contributed by atoms with Crippen molar-refractivity contribution in [3.8, 4) is 22.8 Å². The molecule has 1 aliphatic rings. The molecular weight excluding hydrogens is 418 g/mol. The second-order valence-electron chi connectivity index (χ2n) is 7.31. The van der Waals surface area contributed by atoms with Gasteiger partial charge in [0.05, 0.1) is 37.5 Å². The molecule has 1 aliphatic heterocycles. The lowest BCUT2D eigenvalue weighted by Gasteiger charge is -2.14. The Morgan fingerprint density at radius 3 is 2.45 bits per heavy atom. The summed E-state index contributed by atoms with van der Waals surface area (Å²) in [6.07, 6.45) is 0.456. The minimum Gasteiger partial charge on any atom is -0.493 e. The van der Waals surface area contributed by atoms with Crippen LogP contribution in [0.5, 0.6) is 11.5 Å². The quantitative estimate of drug-likeness (QED) is 0.631. The predicted octanol–water partition coefficient (Wildman–Crippen LogP) is 3.18. The minimum absolute atomic E-state index is 0.00212. The maximum Gasteiger partial charge on any atom is 0.256 e. The van der Waals surface area contributed by atoms with Crippen LogP contribution in [0.4, 0.5) is 5.82 Å². The topological polar surface area (TPSA) is 99.5 Å². The molecule has 3 aromatic rings. The number of benzene rings is 2. The van der Waals surface area contributed by atoms with E-state index in [0.29, 0.717) is 35.0 Å². The zero-order chi connectivity index (χ0) is 22.0. The molecule has 0 aliphatic carbocycles. The van der Waals surface area contributed by atoms with Gasteiger partial charge in [0.1, 0.15) is 5.82 Å². The number of carbonyl (C=O) groups is 1. The molecular formula is C22H23N3O5S. The molecule has 4 rings (SSSR count). The molecule has 162 valence electrons. The van der Waals surface area contributed by atoms with E-state index in [-0.39, 0.29) is 23.5 Å². The summed E-state index contributed by atoms with van der Waals surface area (Å²) >= 11 is 0. The number of rotatable bonds is 6. The Hall–Kier alpha value is -3.33. The van der Waals surface area contributed by atoms with Crippen LogP contribution >= 0.6 is 0 Å². The molecule has 8 nitrogen and oxygen atoms in total. The molecule has 0 spiro atoms. The van der Waals surface area contributed by atoms with E-state index in [9.17, 15) is 13.2 Å². The van der Waals surface area contributed by atoms with E-state index in [1.807, 2.05) is 30.3 Å². The summed E-state index contributed by atoms with van der Waals surface area (Å²) in [7, 11) is -0.0911. The molecule has 1 fully saturated rings. The van der Waals surface area contributed by atoms with Crippen LogP contribution in [-0.4, -0.2) is 49.8 Å². The number of amides is 1. The lowest BCUT2D eigenvalue weighted by Crippen LogP contribution is -2.19. The van der Waals surface area contributed by atoms with E-state index in [2.05, 4.69) is 10.4 Å². The largest absolute Gasteiger partial charge is 0.493 e. The number of nitrogens with zero attached hydrogens (tertiary/aromatic N) is 2. The first-order valence-electron chi connectivity index (χ1n) is 9.79. The molecule has 31 heavy (non-hydrogen) atoms. The highest BCUT2D eigenvalue weighted by Gasteiger charge is 2.32. The lowest BCUT2D eigenvalue weighted by molar-refractivity contribution is 0.102. The third kappa shape index (κ3) is 4.41. The van der Waals surface area contributed by atoms with Gasteiger partial charge >= 0.3 is 0 Å². The fraction of sp³-hybridized carbons (Fsp3) is 0.273. The fourth-order valence-corrected chi connectivity index (χ4v) is 5.34. The first-order chi connectivity index (χ1) is 14.9. The van der Waals surface area contributed by atoms with Crippen molar-refractivity contribution in [2.45, 2.75) is 12.5 Å². The Bertz CT molecular complexity index is 1210. The standard InChI is InChI=1S/C22H23N3O5S/c1-29-19-9-8-16(12-20(19)30-2)22(26)23-21-13-18(15-6-4-3-5-7-15)24-25(21)17-10-11-31(27,28)14-17/h3-9,12-13,17H,10-11,14H2,1-2H3,(H,23,26)/t17-/m1/s1. The molecule has 1 N–H and O–H groups in total. The zero-order valence-electron chi connectivity index (χ0n) is 17.2. The van der Waals surface area contributed by atoms with Crippen molar-refractivity contribution in [2.75, 3.05) is 31.0 Å². The molecule has 9 heteroatoms. The number of sulfone groups is 1. The van der Waals surface area contributed by atoms with Crippen molar-refractivity contribution in [1.82, 2.24) is 9.78 Å². The van der Waals surface area contributed by atoms with Crippen LogP contribution in [0, 0.1) is 0 Å². The highest BCUT2D eigenvalue weighted by atomic mass is 32.2. The number of carbonyl (C=O) groups excluding carboxylic acids is 1. The van der Waals surface area contributed by atoms with E-state index in [0.717, 1.165) is 5.56 Å². The Morgan fingerprint density at radius 1 is 1.06 bits per heavy atom. The van der Waals surface area contributed by atoms with Crippen LogP contribution in [-0.2, 0) is 9.84 Å². The molecule has 0 saturated carbocycles. The number of hydrogen-bond acceptors (Lipinski definition) is 6. The summed E-state index contributed by atoms with van der Waals surface area (Å²) in [4.78, 5) is 13.0. The van der Waals surface area contributed by atoms with Gasteiger partial charge in [-0.2, -0.15) is 5.10 Å². The van der Waals surface area contributed by atoms with Gasteiger partial charge in [0, 0.05) is 17.2 Å². The van der Waals surface area contributed by atoms with Crippen LogP contribution < -0.4 is 14.8 Å². The maximum absolute atomic E-state index is 13.0. The van der Waals surface area contributed by atoms with E-state index in [1.54, 1.807) is 28.9 Å². The number of anilines is 1. The van der Waals surface area contributed by atoms with Crippen molar-refractivity contribution >= 4 is 21.6 Å². The molecule has 0 unspecified atom stereocenters. The Labute approximate surface area is 180 Å².